The van der Waals surface area contributed by atoms with E-state index in [0.29, 0.717) is 19.1 Å². The van der Waals surface area contributed by atoms with E-state index in [1.165, 1.54) is 25.3 Å². The maximum absolute atomic E-state index is 13.3. The van der Waals surface area contributed by atoms with Crippen LogP contribution < -0.4 is 0 Å². The normalized spacial score (nSPS) is 24.1. The Bertz CT molecular complexity index is 948. The lowest BCUT2D eigenvalue weighted by Gasteiger charge is -2.41. The smallest absolute Gasteiger partial charge is 0.267 e. The van der Waals surface area contributed by atoms with E-state index in [9.17, 15) is 18.0 Å². The van der Waals surface area contributed by atoms with E-state index in [-0.39, 0.29) is 23.6 Å². The lowest BCUT2D eigenvalue weighted by atomic mass is 9.99. The number of piperidine rings is 2. The van der Waals surface area contributed by atoms with Crippen molar-refractivity contribution >= 4 is 21.8 Å². The molecule has 0 unspecified atom stereocenters. The molecule has 0 bridgehead atoms. The standard InChI is InChI=1S/C23H33N3O4S/c1-17-6-7-20(16-18(17)2)31(29,30)26-21(8-9-22(26)27)23(28)25-14-10-19(11-15-25)24-12-4-3-5-13-24/h6-7,16,19,21H,3-5,8-15H2,1-2H3/t21-/m1/s1. The number of benzene rings is 1. The van der Waals surface area contributed by atoms with Crippen LogP contribution in [0.5, 0.6) is 0 Å². The summed E-state index contributed by atoms with van der Waals surface area (Å²) in [5, 5.41) is 0. The summed E-state index contributed by atoms with van der Waals surface area (Å²) in [4.78, 5) is 30.3. The number of sulfonamides is 1. The molecule has 3 fully saturated rings. The van der Waals surface area contributed by atoms with E-state index in [4.69, 9.17) is 0 Å². The Hall–Kier alpha value is -1.93. The first-order chi connectivity index (χ1) is 14.8. The minimum Gasteiger partial charge on any atom is -0.341 e. The zero-order chi connectivity index (χ0) is 22.2. The summed E-state index contributed by atoms with van der Waals surface area (Å²) >= 11 is 0. The second-order valence-corrected chi connectivity index (χ2v) is 11.0. The maximum Gasteiger partial charge on any atom is 0.267 e. The fourth-order valence-electron chi connectivity index (χ4n) is 5.12. The van der Waals surface area contributed by atoms with Gasteiger partial charge in [0.15, 0.2) is 0 Å². The van der Waals surface area contributed by atoms with Gasteiger partial charge in [-0.25, -0.2) is 12.7 Å². The number of rotatable bonds is 4. The van der Waals surface area contributed by atoms with Crippen LogP contribution in [0.4, 0.5) is 0 Å². The molecule has 0 spiro atoms. The predicted molar refractivity (Wildman–Crippen MR) is 118 cm³/mol. The van der Waals surface area contributed by atoms with Crippen molar-refractivity contribution in [3.63, 3.8) is 0 Å². The summed E-state index contributed by atoms with van der Waals surface area (Å²) in [7, 11) is -4.06. The highest BCUT2D eigenvalue weighted by atomic mass is 32.2. The molecule has 0 aliphatic carbocycles. The van der Waals surface area contributed by atoms with Gasteiger partial charge in [-0.1, -0.05) is 12.5 Å². The number of amides is 2. The molecular formula is C23H33N3O4S. The number of hydrogen-bond acceptors (Lipinski definition) is 5. The van der Waals surface area contributed by atoms with E-state index in [0.717, 1.165) is 41.4 Å². The molecule has 0 aromatic heterocycles. The summed E-state index contributed by atoms with van der Waals surface area (Å²) in [5.74, 6) is -0.713. The molecule has 3 heterocycles. The highest BCUT2D eigenvalue weighted by molar-refractivity contribution is 7.89. The second kappa shape index (κ2) is 8.90. The first kappa shape index (κ1) is 22.3. The Morgan fingerprint density at radius 3 is 2.26 bits per heavy atom. The van der Waals surface area contributed by atoms with Gasteiger partial charge >= 0.3 is 0 Å². The van der Waals surface area contributed by atoms with E-state index >= 15 is 0 Å². The minimum absolute atomic E-state index is 0.0763. The minimum atomic E-state index is -4.06. The van der Waals surface area contributed by atoms with Gasteiger partial charge in [0.2, 0.25) is 11.8 Å². The van der Waals surface area contributed by atoms with Crippen molar-refractivity contribution in [2.24, 2.45) is 0 Å². The quantitative estimate of drug-likeness (QED) is 0.709. The van der Waals surface area contributed by atoms with Gasteiger partial charge in [-0.05, 0) is 82.3 Å². The second-order valence-electron chi connectivity index (χ2n) is 9.15. The molecule has 3 saturated heterocycles. The van der Waals surface area contributed by atoms with Crippen LogP contribution >= 0.6 is 0 Å². The molecule has 3 aliphatic rings. The third-order valence-corrected chi connectivity index (χ3v) is 8.99. The Morgan fingerprint density at radius 1 is 0.935 bits per heavy atom. The van der Waals surface area contributed by atoms with Crippen molar-refractivity contribution in [1.82, 2.24) is 14.1 Å². The van der Waals surface area contributed by atoms with Gasteiger partial charge in [-0.3, -0.25) is 9.59 Å². The number of nitrogens with zero attached hydrogens (tertiary/aromatic N) is 3. The van der Waals surface area contributed by atoms with Gasteiger partial charge in [0.05, 0.1) is 4.90 Å². The Labute approximate surface area is 185 Å². The molecule has 170 valence electrons. The van der Waals surface area contributed by atoms with Crippen LogP contribution in [0.3, 0.4) is 0 Å². The zero-order valence-corrected chi connectivity index (χ0v) is 19.4. The molecule has 1 atom stereocenters. The van der Waals surface area contributed by atoms with Gasteiger partial charge in [-0.15, -0.1) is 0 Å². The fraction of sp³-hybridized carbons (Fsp3) is 0.652. The fourth-order valence-corrected chi connectivity index (χ4v) is 6.80. The lowest BCUT2D eigenvalue weighted by molar-refractivity contribution is -0.139. The maximum atomic E-state index is 13.3. The third kappa shape index (κ3) is 4.37. The average Bonchev–Trinajstić information content (AvgIpc) is 3.18. The van der Waals surface area contributed by atoms with Gasteiger partial charge in [0.25, 0.3) is 10.0 Å². The van der Waals surface area contributed by atoms with Gasteiger partial charge in [0.1, 0.15) is 6.04 Å². The van der Waals surface area contributed by atoms with Crippen LogP contribution in [0, 0.1) is 13.8 Å². The van der Waals surface area contributed by atoms with E-state index in [2.05, 4.69) is 4.90 Å². The van der Waals surface area contributed by atoms with Gasteiger partial charge in [0, 0.05) is 25.6 Å². The molecule has 1 aromatic rings. The molecule has 4 rings (SSSR count). The Kier molecular flexibility index (Phi) is 6.40. The van der Waals surface area contributed by atoms with Crippen molar-refractivity contribution in [3.05, 3.63) is 29.3 Å². The number of hydrogen-bond donors (Lipinski definition) is 0. The molecule has 7 nitrogen and oxygen atoms in total. The van der Waals surface area contributed by atoms with Crippen molar-refractivity contribution in [2.75, 3.05) is 26.2 Å². The van der Waals surface area contributed by atoms with Crippen molar-refractivity contribution in [1.29, 1.82) is 0 Å². The van der Waals surface area contributed by atoms with Crippen LogP contribution in [-0.2, 0) is 19.6 Å². The van der Waals surface area contributed by atoms with Crippen molar-refractivity contribution in [3.8, 4) is 0 Å². The molecule has 2 amide bonds. The van der Waals surface area contributed by atoms with Crippen molar-refractivity contribution < 1.29 is 18.0 Å². The zero-order valence-electron chi connectivity index (χ0n) is 18.5. The first-order valence-electron chi connectivity index (χ1n) is 11.5. The summed E-state index contributed by atoms with van der Waals surface area (Å²) < 4.78 is 27.4. The summed E-state index contributed by atoms with van der Waals surface area (Å²) in [6.45, 7) is 7.28. The molecule has 0 N–H and O–H groups in total. The topological polar surface area (TPSA) is 78.0 Å². The Balaban J connectivity index is 1.47. The number of likely N-dealkylation sites (tertiary alicyclic amines) is 2. The van der Waals surface area contributed by atoms with Crippen LogP contribution in [0.15, 0.2) is 23.1 Å². The number of carbonyl (C=O) groups is 2. The SMILES string of the molecule is Cc1ccc(S(=O)(=O)N2C(=O)CC[C@@H]2C(=O)N2CCC(N3CCCCC3)CC2)cc1C. The monoisotopic (exact) mass is 447 g/mol. The van der Waals surface area contributed by atoms with Crippen LogP contribution in [0.2, 0.25) is 0 Å². The molecular weight excluding hydrogens is 414 g/mol. The molecule has 8 heteroatoms. The van der Waals surface area contributed by atoms with E-state index in [1.54, 1.807) is 17.0 Å². The van der Waals surface area contributed by atoms with Gasteiger partial charge < -0.3 is 9.80 Å². The average molecular weight is 448 g/mol. The summed E-state index contributed by atoms with van der Waals surface area (Å²) in [5.41, 5.74) is 1.83. The number of carbonyl (C=O) groups excluding carboxylic acids is 2. The van der Waals surface area contributed by atoms with E-state index < -0.39 is 22.0 Å². The molecule has 3 aliphatic heterocycles. The predicted octanol–water partition coefficient (Wildman–Crippen LogP) is 2.46. The Morgan fingerprint density at radius 2 is 1.61 bits per heavy atom. The molecule has 31 heavy (non-hydrogen) atoms. The van der Waals surface area contributed by atoms with Crippen LogP contribution in [0.25, 0.3) is 0 Å². The van der Waals surface area contributed by atoms with Crippen molar-refractivity contribution in [2.45, 2.75) is 75.8 Å². The van der Waals surface area contributed by atoms with Crippen LogP contribution in [0.1, 0.15) is 56.1 Å². The number of aryl methyl sites for hydroxylation is 2. The highest BCUT2D eigenvalue weighted by Crippen LogP contribution is 2.30. The van der Waals surface area contributed by atoms with Gasteiger partial charge in [-0.2, -0.15) is 0 Å². The first-order valence-corrected chi connectivity index (χ1v) is 12.9. The molecule has 1 aromatic carbocycles. The summed E-state index contributed by atoms with van der Waals surface area (Å²) in [6.07, 6.45) is 5.96. The third-order valence-electron chi connectivity index (χ3n) is 7.16. The van der Waals surface area contributed by atoms with Crippen LogP contribution in [-0.4, -0.2) is 72.6 Å². The molecule has 0 saturated carbocycles. The highest BCUT2D eigenvalue weighted by Gasteiger charge is 2.46. The largest absolute Gasteiger partial charge is 0.341 e. The van der Waals surface area contributed by atoms with E-state index in [1.807, 2.05) is 13.8 Å². The summed E-state index contributed by atoms with van der Waals surface area (Å²) in [6, 6.07) is 4.43. The molecule has 0 radical (unpaired) electrons. The lowest BCUT2D eigenvalue weighted by Crippen LogP contribution is -2.53.